The molecule has 0 saturated carbocycles. The molecule has 3 aliphatic carbocycles. The molecule has 0 radical (unpaired) electrons. The summed E-state index contributed by atoms with van der Waals surface area (Å²) in [5, 5.41) is 3.31. The summed E-state index contributed by atoms with van der Waals surface area (Å²) in [5.74, 6) is -2.87. The van der Waals surface area contributed by atoms with Crippen molar-refractivity contribution in [3.63, 3.8) is 0 Å². The average molecular weight is 540 g/mol. The van der Waals surface area contributed by atoms with Crippen LogP contribution in [0.3, 0.4) is 0 Å². The number of hydrogen-bond donors (Lipinski definition) is 1. The van der Waals surface area contributed by atoms with E-state index in [0.717, 1.165) is 32.7 Å². The van der Waals surface area contributed by atoms with Crippen LogP contribution in [0.2, 0.25) is 5.02 Å². The first kappa shape index (κ1) is 23.5. The average Bonchev–Trinajstić information content (AvgIpc) is 3.14. The van der Waals surface area contributed by atoms with E-state index in [1.165, 1.54) is 0 Å². The summed E-state index contributed by atoms with van der Waals surface area (Å²) in [6.07, 6.45) is -0.0626. The normalized spacial score (nSPS) is 27.5. The predicted octanol–water partition coefficient (Wildman–Crippen LogP) is 5.57. The Morgan fingerprint density at radius 1 is 0.861 bits per heavy atom. The van der Waals surface area contributed by atoms with Crippen LogP contribution in [0.1, 0.15) is 34.2 Å². The Hall–Kier alpha value is -2.86. The second kappa shape index (κ2) is 8.07. The Bertz CT molecular complexity index is 1350. The van der Waals surface area contributed by atoms with E-state index in [2.05, 4.69) is 5.32 Å². The van der Waals surface area contributed by atoms with Crippen LogP contribution in [0.5, 0.6) is 0 Å². The maximum absolute atomic E-state index is 13.8. The Balaban J connectivity index is 1.33. The van der Waals surface area contributed by atoms with Crippen molar-refractivity contribution in [2.45, 2.75) is 23.1 Å². The van der Waals surface area contributed by atoms with Crippen molar-refractivity contribution in [1.82, 2.24) is 4.90 Å². The molecule has 2 atom stereocenters. The van der Waals surface area contributed by atoms with Crippen molar-refractivity contribution < 1.29 is 14.4 Å². The molecule has 0 aromatic heterocycles. The lowest BCUT2D eigenvalue weighted by Crippen LogP contribution is -2.57. The molecule has 2 bridgehead atoms. The van der Waals surface area contributed by atoms with E-state index in [4.69, 9.17) is 34.8 Å². The number of rotatable bonds is 4. The number of carbonyl (C=O) groups excluding carboxylic acids is 3. The monoisotopic (exact) mass is 538 g/mol. The number of amides is 3. The minimum Gasteiger partial charge on any atom is -0.326 e. The van der Waals surface area contributed by atoms with Gasteiger partial charge in [-0.2, -0.15) is 0 Å². The summed E-state index contributed by atoms with van der Waals surface area (Å²) >= 11 is 20.9. The number of nitrogens with one attached hydrogen (secondary N) is 1. The minimum absolute atomic E-state index is 0.0626. The van der Waals surface area contributed by atoms with E-state index in [1.54, 1.807) is 18.2 Å². The van der Waals surface area contributed by atoms with Gasteiger partial charge >= 0.3 is 0 Å². The zero-order valence-electron chi connectivity index (χ0n) is 19.2. The van der Waals surface area contributed by atoms with Crippen LogP contribution >= 0.6 is 34.8 Å². The number of aryl methyl sites for hydroxylation is 1. The molecule has 1 fully saturated rings. The molecule has 7 rings (SSSR count). The molecule has 1 heterocycles. The standard InChI is InChI=1S/C28H21Cl3N2O3/c1-15-10-11-16(14-21(15)29)32-22(34)12-13-33-25(35)23-24(26(33)36)28(31)18-7-3-2-6-17(18)27(23,30)19-8-4-5-9-20(19)28/h2-11,14,23-24H,12-13H2,1H3,(H,32,34)/t23-,24-,27?,28?/m0/s1. The van der Waals surface area contributed by atoms with Crippen LogP contribution in [0, 0.1) is 18.8 Å². The number of benzene rings is 3. The summed E-state index contributed by atoms with van der Waals surface area (Å²) in [6.45, 7) is 1.80. The molecule has 36 heavy (non-hydrogen) atoms. The number of carbonyl (C=O) groups is 3. The van der Waals surface area contributed by atoms with Crippen molar-refractivity contribution in [1.29, 1.82) is 0 Å². The molecule has 3 amide bonds. The molecule has 3 aromatic carbocycles. The van der Waals surface area contributed by atoms with E-state index >= 15 is 0 Å². The molecule has 1 aliphatic heterocycles. The van der Waals surface area contributed by atoms with Crippen molar-refractivity contribution in [3.8, 4) is 0 Å². The smallest absolute Gasteiger partial charge is 0.235 e. The minimum atomic E-state index is -1.23. The van der Waals surface area contributed by atoms with E-state index in [1.807, 2.05) is 55.5 Å². The van der Waals surface area contributed by atoms with Crippen LogP contribution in [-0.2, 0) is 24.1 Å². The number of likely N-dealkylation sites (tertiary alicyclic amines) is 1. The van der Waals surface area contributed by atoms with Gasteiger partial charge in [0, 0.05) is 23.7 Å². The zero-order chi connectivity index (χ0) is 25.4. The van der Waals surface area contributed by atoms with Gasteiger partial charge in [-0.05, 0) is 46.9 Å². The number of imide groups is 1. The van der Waals surface area contributed by atoms with Gasteiger partial charge < -0.3 is 5.32 Å². The van der Waals surface area contributed by atoms with Crippen LogP contribution in [0.25, 0.3) is 0 Å². The molecular formula is C28H21Cl3N2O3. The first-order valence-corrected chi connectivity index (χ1v) is 12.8. The Labute approximate surface area is 223 Å². The van der Waals surface area contributed by atoms with E-state index in [0.29, 0.717) is 10.7 Å². The fraction of sp³-hybridized carbons (Fsp3) is 0.250. The lowest BCUT2D eigenvalue weighted by molar-refractivity contribution is -0.140. The van der Waals surface area contributed by atoms with Crippen LogP contribution in [-0.4, -0.2) is 29.2 Å². The van der Waals surface area contributed by atoms with Crippen molar-refractivity contribution in [2.24, 2.45) is 11.8 Å². The van der Waals surface area contributed by atoms with Crippen LogP contribution in [0.4, 0.5) is 5.69 Å². The molecule has 4 aliphatic rings. The number of hydrogen-bond acceptors (Lipinski definition) is 3. The van der Waals surface area contributed by atoms with Gasteiger partial charge in [0.25, 0.3) is 0 Å². The zero-order valence-corrected chi connectivity index (χ0v) is 21.5. The maximum atomic E-state index is 13.8. The van der Waals surface area contributed by atoms with Gasteiger partial charge in [-0.1, -0.05) is 66.2 Å². The predicted molar refractivity (Wildman–Crippen MR) is 139 cm³/mol. The molecule has 5 nitrogen and oxygen atoms in total. The van der Waals surface area contributed by atoms with Crippen molar-refractivity contribution >= 4 is 58.2 Å². The Morgan fingerprint density at radius 3 is 1.78 bits per heavy atom. The van der Waals surface area contributed by atoms with Gasteiger partial charge in [0.1, 0.15) is 9.75 Å². The van der Waals surface area contributed by atoms with E-state index in [9.17, 15) is 14.4 Å². The van der Waals surface area contributed by atoms with Gasteiger partial charge in [0.15, 0.2) is 0 Å². The number of halogens is 3. The molecule has 182 valence electrons. The van der Waals surface area contributed by atoms with Gasteiger partial charge in [-0.15, -0.1) is 23.2 Å². The molecule has 0 spiro atoms. The fourth-order valence-electron chi connectivity index (χ4n) is 6.05. The Morgan fingerprint density at radius 2 is 1.33 bits per heavy atom. The van der Waals surface area contributed by atoms with E-state index < -0.39 is 33.4 Å². The van der Waals surface area contributed by atoms with Crippen molar-refractivity contribution in [2.75, 3.05) is 11.9 Å². The maximum Gasteiger partial charge on any atom is 0.235 e. The van der Waals surface area contributed by atoms with E-state index in [-0.39, 0.29) is 18.9 Å². The summed E-state index contributed by atoms with van der Waals surface area (Å²) in [4.78, 5) is 38.9. The lowest BCUT2D eigenvalue weighted by atomic mass is 9.54. The quantitative estimate of drug-likeness (QED) is 0.348. The van der Waals surface area contributed by atoms with Gasteiger partial charge in [-0.25, -0.2) is 0 Å². The second-order valence-electron chi connectivity index (χ2n) is 9.56. The highest BCUT2D eigenvalue weighted by Crippen LogP contribution is 2.69. The first-order chi connectivity index (χ1) is 17.2. The third kappa shape index (κ3) is 3.00. The largest absolute Gasteiger partial charge is 0.326 e. The lowest BCUT2D eigenvalue weighted by Gasteiger charge is -2.54. The molecule has 0 unspecified atom stereocenters. The molecule has 1 N–H and O–H groups in total. The highest BCUT2D eigenvalue weighted by molar-refractivity contribution is 6.36. The fourth-order valence-corrected chi connectivity index (χ4v) is 7.33. The Kier molecular flexibility index (Phi) is 5.28. The summed E-state index contributed by atoms with van der Waals surface area (Å²) in [6, 6.07) is 20.2. The molecule has 3 aromatic rings. The topological polar surface area (TPSA) is 66.5 Å². The SMILES string of the molecule is Cc1ccc(NC(=O)CCN2C(=O)[C@@H]3[C@@H](C2=O)C2(Cl)c4ccccc4C3(Cl)c3ccccc32)cc1Cl. The second-order valence-corrected chi connectivity index (χ2v) is 11.2. The summed E-state index contributed by atoms with van der Waals surface area (Å²) in [7, 11) is 0. The van der Waals surface area contributed by atoms with Gasteiger partial charge in [0.05, 0.1) is 11.8 Å². The molecule has 8 heteroatoms. The number of nitrogens with zero attached hydrogens (tertiary/aromatic N) is 1. The summed E-state index contributed by atoms with van der Waals surface area (Å²) in [5.41, 5.74) is 4.44. The van der Waals surface area contributed by atoms with Gasteiger partial charge in [0.2, 0.25) is 17.7 Å². The van der Waals surface area contributed by atoms with Crippen LogP contribution in [0.15, 0.2) is 66.7 Å². The van der Waals surface area contributed by atoms with Gasteiger partial charge in [-0.3, -0.25) is 19.3 Å². The van der Waals surface area contributed by atoms with Crippen LogP contribution < -0.4 is 5.32 Å². The highest BCUT2D eigenvalue weighted by atomic mass is 35.5. The summed E-state index contributed by atoms with van der Waals surface area (Å²) < 4.78 is 0. The van der Waals surface area contributed by atoms with Crippen molar-refractivity contribution in [3.05, 3.63) is 99.6 Å². The number of alkyl halides is 2. The molecule has 1 saturated heterocycles. The highest BCUT2D eigenvalue weighted by Gasteiger charge is 2.72. The third-order valence-electron chi connectivity index (χ3n) is 7.69. The third-order valence-corrected chi connectivity index (χ3v) is 9.39. The first-order valence-electron chi connectivity index (χ1n) is 11.7. The number of anilines is 1. The molecular weight excluding hydrogens is 519 g/mol.